The van der Waals surface area contributed by atoms with E-state index < -0.39 is 24.8 Å². The molecule has 0 atom stereocenters. The summed E-state index contributed by atoms with van der Waals surface area (Å²) < 4.78 is 35.3. The molecule has 0 heterocycles. The van der Waals surface area contributed by atoms with Gasteiger partial charge in [-0.15, -0.1) is 0 Å². The summed E-state index contributed by atoms with van der Waals surface area (Å²) in [7, 11) is -3.91. The van der Waals surface area contributed by atoms with Crippen molar-refractivity contribution in [3.8, 4) is 0 Å². The number of halogens is 1. The van der Waals surface area contributed by atoms with Crippen molar-refractivity contribution >= 4 is 37.3 Å². The van der Waals surface area contributed by atoms with Crippen molar-refractivity contribution in [1.82, 2.24) is 0 Å². The van der Waals surface area contributed by atoms with E-state index in [4.69, 9.17) is 30.1 Å². The number of nitrogens with zero attached hydrogens (tertiary/aromatic N) is 1. The normalized spacial score (nSPS) is 12.2. The number of esters is 2. The molecule has 0 radical (unpaired) electrons. The van der Waals surface area contributed by atoms with E-state index >= 15 is 0 Å². The lowest BCUT2D eigenvalue weighted by Gasteiger charge is -2.35. The van der Waals surface area contributed by atoms with Crippen LogP contribution in [0.5, 0.6) is 0 Å². The van der Waals surface area contributed by atoms with Gasteiger partial charge < -0.3 is 18.5 Å². The van der Waals surface area contributed by atoms with Gasteiger partial charge in [0.15, 0.2) is 5.28 Å². The van der Waals surface area contributed by atoms with Gasteiger partial charge >= 0.3 is 19.5 Å². The van der Waals surface area contributed by atoms with E-state index in [9.17, 15) is 14.2 Å². The molecule has 0 fully saturated rings. The zero-order chi connectivity index (χ0) is 24.0. The largest absolute Gasteiger partial charge is 0.466 e. The van der Waals surface area contributed by atoms with Crippen LogP contribution in [0, 0.1) is 0 Å². The predicted molar refractivity (Wildman–Crippen MR) is 124 cm³/mol. The van der Waals surface area contributed by atoms with Gasteiger partial charge in [-0.3, -0.25) is 19.1 Å². The summed E-state index contributed by atoms with van der Waals surface area (Å²) in [4.78, 5) is 28.9. The number of hydrogen-bond donors (Lipinski definition) is 0. The second-order valence-electron chi connectivity index (χ2n) is 6.74. The van der Waals surface area contributed by atoms with Crippen molar-refractivity contribution in [3.05, 3.63) is 34.9 Å². The smallest absolute Gasteiger partial charge is 0.357 e. The van der Waals surface area contributed by atoms with Gasteiger partial charge in [-0.25, -0.2) is 0 Å². The minimum atomic E-state index is -3.91. The van der Waals surface area contributed by atoms with Crippen LogP contribution >= 0.6 is 19.2 Å². The molecule has 0 aliphatic heterocycles. The molecule has 0 unspecified atom stereocenters. The van der Waals surface area contributed by atoms with E-state index in [2.05, 4.69) is 4.99 Å². The molecule has 1 aromatic rings. The van der Waals surface area contributed by atoms with Crippen LogP contribution in [0.15, 0.2) is 29.3 Å². The van der Waals surface area contributed by atoms with Crippen LogP contribution in [0.4, 0.5) is 0 Å². The Hall–Kier alpha value is -1.73. The van der Waals surface area contributed by atoms with Gasteiger partial charge in [0, 0.05) is 24.1 Å². The molecular formula is C22H33ClNO7P. The Bertz CT molecular complexity index is 783. The fourth-order valence-electron chi connectivity index (χ4n) is 3.07. The average Bonchev–Trinajstić information content (AvgIpc) is 2.74. The predicted octanol–water partition coefficient (Wildman–Crippen LogP) is 5.41. The molecule has 0 spiro atoms. The van der Waals surface area contributed by atoms with Crippen LogP contribution in [0.3, 0.4) is 0 Å². The van der Waals surface area contributed by atoms with Crippen molar-refractivity contribution in [2.75, 3.05) is 26.4 Å². The molecule has 10 heteroatoms. The van der Waals surface area contributed by atoms with Crippen LogP contribution in [0.2, 0.25) is 5.02 Å². The van der Waals surface area contributed by atoms with Gasteiger partial charge in [0.05, 0.1) is 26.4 Å². The Morgan fingerprint density at radius 3 is 1.94 bits per heavy atom. The van der Waals surface area contributed by atoms with E-state index in [1.54, 1.807) is 52.0 Å². The van der Waals surface area contributed by atoms with Crippen molar-refractivity contribution in [1.29, 1.82) is 0 Å². The zero-order valence-corrected chi connectivity index (χ0v) is 20.8. The molecule has 0 aliphatic rings. The van der Waals surface area contributed by atoms with E-state index in [1.807, 2.05) is 0 Å². The first-order valence-corrected chi connectivity index (χ1v) is 12.7. The summed E-state index contributed by atoms with van der Waals surface area (Å²) in [6, 6.07) is 6.95. The Kier molecular flexibility index (Phi) is 12.8. The van der Waals surface area contributed by atoms with Crippen molar-refractivity contribution in [3.63, 3.8) is 0 Å². The number of carbonyl (C=O) groups is 2. The van der Waals surface area contributed by atoms with Gasteiger partial charge in [-0.2, -0.15) is 0 Å². The van der Waals surface area contributed by atoms with Gasteiger partial charge in [0.25, 0.3) is 0 Å². The maximum absolute atomic E-state index is 14.0. The maximum atomic E-state index is 14.0. The third-order valence-electron chi connectivity index (χ3n) is 4.48. The summed E-state index contributed by atoms with van der Waals surface area (Å²) in [5, 5.41) is -0.990. The highest BCUT2D eigenvalue weighted by atomic mass is 35.5. The minimum Gasteiger partial charge on any atom is -0.466 e. The average molecular weight is 490 g/mol. The van der Waals surface area contributed by atoms with E-state index in [0.29, 0.717) is 10.6 Å². The highest BCUT2D eigenvalue weighted by molar-refractivity contribution is 7.55. The first-order valence-electron chi connectivity index (χ1n) is 10.8. The first kappa shape index (κ1) is 28.3. The number of ether oxygens (including phenoxy) is 2. The number of rotatable bonds is 15. The first-order chi connectivity index (χ1) is 15.3. The third kappa shape index (κ3) is 8.66. The van der Waals surface area contributed by atoms with Crippen molar-refractivity contribution in [2.45, 2.75) is 58.7 Å². The summed E-state index contributed by atoms with van der Waals surface area (Å²) in [5.41, 5.74) is 0.661. The second-order valence-corrected chi connectivity index (χ2v) is 9.52. The topological polar surface area (TPSA) is 100 Å². The Labute approximate surface area is 195 Å². The van der Waals surface area contributed by atoms with Gasteiger partial charge in [-0.1, -0.05) is 23.7 Å². The lowest BCUT2D eigenvalue weighted by molar-refractivity contribution is -0.143. The molecule has 0 saturated carbocycles. The summed E-state index contributed by atoms with van der Waals surface area (Å²) in [6.45, 7) is 7.42. The lowest BCUT2D eigenvalue weighted by Crippen LogP contribution is -2.32. The lowest BCUT2D eigenvalue weighted by atomic mass is 10.1. The number of carbonyl (C=O) groups excluding carboxylic acids is 2. The fraction of sp³-hybridized carbons (Fsp3) is 0.591. The molecule has 32 heavy (non-hydrogen) atoms. The van der Waals surface area contributed by atoms with Crippen molar-refractivity contribution in [2.24, 2.45) is 4.99 Å². The number of benzene rings is 1. The Balaban J connectivity index is 3.48. The van der Waals surface area contributed by atoms with Crippen LogP contribution < -0.4 is 0 Å². The van der Waals surface area contributed by atoms with Gasteiger partial charge in [0.1, 0.15) is 0 Å². The van der Waals surface area contributed by atoms with Crippen LogP contribution in [-0.4, -0.2) is 49.9 Å². The molecular weight excluding hydrogens is 457 g/mol. The molecule has 0 aliphatic carbocycles. The summed E-state index contributed by atoms with van der Waals surface area (Å²) >= 11 is 6.07. The maximum Gasteiger partial charge on any atom is 0.357 e. The SMILES string of the molecule is CCOC(=O)CCC(CCC(=O)OCC)(/N=C/c1cccc(Cl)c1)P(=O)(OCC)OCC. The Morgan fingerprint density at radius 1 is 0.969 bits per heavy atom. The zero-order valence-electron chi connectivity index (χ0n) is 19.2. The number of hydrogen-bond acceptors (Lipinski definition) is 8. The molecule has 8 nitrogen and oxygen atoms in total. The van der Waals surface area contributed by atoms with Crippen LogP contribution in [0.1, 0.15) is 58.9 Å². The molecule has 1 aromatic carbocycles. The Morgan fingerprint density at radius 2 is 1.50 bits per heavy atom. The van der Waals surface area contributed by atoms with Crippen LogP contribution in [0.25, 0.3) is 0 Å². The fourth-order valence-corrected chi connectivity index (χ4v) is 5.47. The van der Waals surface area contributed by atoms with E-state index in [-0.39, 0.29) is 52.1 Å². The third-order valence-corrected chi connectivity index (χ3v) is 7.49. The minimum absolute atomic E-state index is 0.000415. The second kappa shape index (κ2) is 14.4. The standard InChI is InChI=1S/C22H33ClNO7P/c1-5-28-20(25)12-14-22(15-13-21(26)29-6-2,32(27,30-7-3)31-8-4)24-17-18-10-9-11-19(23)16-18/h9-11,16-17H,5-8,12-15H2,1-4H3/b24-17+. The highest BCUT2D eigenvalue weighted by Gasteiger charge is 2.51. The monoisotopic (exact) mass is 489 g/mol. The van der Waals surface area contributed by atoms with Crippen LogP contribution in [-0.2, 0) is 32.7 Å². The molecule has 0 aromatic heterocycles. The number of aliphatic imine (C=N–C) groups is 1. The van der Waals surface area contributed by atoms with Gasteiger partial charge in [0.2, 0.25) is 0 Å². The summed E-state index contributed by atoms with van der Waals surface area (Å²) in [6.07, 6.45) is 1.35. The molecule has 0 saturated heterocycles. The van der Waals surface area contributed by atoms with E-state index in [0.717, 1.165) is 0 Å². The quantitative estimate of drug-likeness (QED) is 0.184. The molecule has 0 bridgehead atoms. The molecule has 180 valence electrons. The highest BCUT2D eigenvalue weighted by Crippen LogP contribution is 2.64. The molecule has 0 N–H and O–H groups in total. The molecule has 1 rings (SSSR count). The van der Waals surface area contributed by atoms with Gasteiger partial charge in [-0.05, 0) is 58.2 Å². The summed E-state index contributed by atoms with van der Waals surface area (Å²) in [5.74, 6) is -0.934. The molecule has 0 amide bonds. The van der Waals surface area contributed by atoms with E-state index in [1.165, 1.54) is 6.21 Å². The van der Waals surface area contributed by atoms with Crippen molar-refractivity contribution < 1.29 is 32.7 Å².